The van der Waals surface area contributed by atoms with E-state index in [4.69, 9.17) is 18.5 Å². The average Bonchev–Trinajstić information content (AvgIpc) is 3.19. The van der Waals surface area contributed by atoms with Crippen LogP contribution in [0.5, 0.6) is 0 Å². The standard InChI is InChI=1S/C24H32FN2O9P/c1-14(2)35-23(30)16(4)13-37(32,33-11-17-8-6-5-7-15(17)3)34-12-20-19(28)9-21(36-20)27-10-18(25)22(29)26-24(27)31/h5-8,10,14,16,19-21,28H,9,11-13H2,1-4H3,(H,26,29,31)/t16-,19?,20?,21?,37+/m0/s1. The van der Waals surface area contributed by atoms with E-state index >= 15 is 0 Å². The molecule has 1 aliphatic rings. The van der Waals surface area contributed by atoms with Gasteiger partial charge in [-0.15, -0.1) is 0 Å². The van der Waals surface area contributed by atoms with Crippen LogP contribution in [0, 0.1) is 18.7 Å². The van der Waals surface area contributed by atoms with Crippen LogP contribution in [0.3, 0.4) is 0 Å². The van der Waals surface area contributed by atoms with Crippen molar-refractivity contribution in [3.8, 4) is 0 Å². The summed E-state index contributed by atoms with van der Waals surface area (Å²) in [7, 11) is -3.92. The largest absolute Gasteiger partial charge is 0.463 e. The first-order valence-electron chi connectivity index (χ1n) is 11.9. The fourth-order valence-electron chi connectivity index (χ4n) is 3.74. The Morgan fingerprint density at radius 2 is 1.97 bits per heavy atom. The molecule has 0 bridgehead atoms. The van der Waals surface area contributed by atoms with E-state index in [1.165, 1.54) is 0 Å². The molecule has 0 spiro atoms. The summed E-state index contributed by atoms with van der Waals surface area (Å²) in [5.74, 6) is -2.56. The number of nitrogens with zero attached hydrogens (tertiary/aromatic N) is 1. The predicted molar refractivity (Wildman–Crippen MR) is 131 cm³/mol. The average molecular weight is 542 g/mol. The Labute approximate surface area is 213 Å². The molecule has 5 atom stereocenters. The van der Waals surface area contributed by atoms with E-state index in [1.54, 1.807) is 20.8 Å². The van der Waals surface area contributed by atoms with Crippen molar-refractivity contribution in [3.63, 3.8) is 0 Å². The van der Waals surface area contributed by atoms with E-state index < -0.39 is 61.6 Å². The van der Waals surface area contributed by atoms with E-state index in [9.17, 15) is 28.4 Å². The highest BCUT2D eigenvalue weighted by Crippen LogP contribution is 2.51. The highest BCUT2D eigenvalue weighted by molar-refractivity contribution is 7.53. The van der Waals surface area contributed by atoms with Gasteiger partial charge in [0.15, 0.2) is 0 Å². The molecule has 1 aromatic carbocycles. The molecule has 1 fully saturated rings. The molecule has 1 saturated heterocycles. The fraction of sp³-hybridized carbons (Fsp3) is 0.542. The lowest BCUT2D eigenvalue weighted by atomic mass is 10.1. The summed E-state index contributed by atoms with van der Waals surface area (Å²) in [6.45, 7) is 6.38. The first-order chi connectivity index (χ1) is 17.4. The van der Waals surface area contributed by atoms with Crippen molar-refractivity contribution in [2.45, 2.75) is 65.3 Å². The molecule has 0 aliphatic carbocycles. The minimum absolute atomic E-state index is 0.0430. The molecule has 3 unspecified atom stereocenters. The molecule has 3 rings (SSSR count). The smallest absolute Gasteiger partial charge is 0.331 e. The third-order valence-corrected chi connectivity index (χ3v) is 7.86. The van der Waals surface area contributed by atoms with E-state index in [0.717, 1.165) is 15.7 Å². The zero-order valence-electron chi connectivity index (χ0n) is 21.1. The number of aromatic amines is 1. The molecular weight excluding hydrogens is 510 g/mol. The molecule has 204 valence electrons. The van der Waals surface area contributed by atoms with Gasteiger partial charge in [0.25, 0.3) is 5.56 Å². The lowest BCUT2D eigenvalue weighted by Gasteiger charge is -2.24. The van der Waals surface area contributed by atoms with Gasteiger partial charge in [0.1, 0.15) is 12.3 Å². The van der Waals surface area contributed by atoms with Crippen LogP contribution in [-0.2, 0) is 34.5 Å². The van der Waals surface area contributed by atoms with Crippen LogP contribution in [0.25, 0.3) is 0 Å². The van der Waals surface area contributed by atoms with Crippen molar-refractivity contribution in [1.29, 1.82) is 0 Å². The number of H-pyrrole nitrogens is 1. The number of hydrogen-bond acceptors (Lipinski definition) is 9. The summed E-state index contributed by atoms with van der Waals surface area (Å²) >= 11 is 0. The number of hydrogen-bond donors (Lipinski definition) is 2. The number of benzene rings is 1. The minimum Gasteiger partial charge on any atom is -0.463 e. The minimum atomic E-state index is -3.92. The van der Waals surface area contributed by atoms with Crippen molar-refractivity contribution >= 4 is 13.6 Å². The van der Waals surface area contributed by atoms with Crippen LogP contribution >= 0.6 is 7.60 Å². The summed E-state index contributed by atoms with van der Waals surface area (Å²) in [6.07, 6.45) is -3.33. The Hall–Kier alpha value is -2.63. The van der Waals surface area contributed by atoms with Crippen LogP contribution in [-0.4, -0.2) is 51.7 Å². The Bertz CT molecular complexity index is 1260. The number of esters is 1. The Morgan fingerprint density at radius 1 is 1.27 bits per heavy atom. The number of aromatic nitrogens is 2. The topological polar surface area (TPSA) is 146 Å². The van der Waals surface area contributed by atoms with E-state index in [1.807, 2.05) is 36.2 Å². The molecule has 2 aromatic rings. The van der Waals surface area contributed by atoms with Gasteiger partial charge in [0.05, 0.1) is 43.7 Å². The summed E-state index contributed by atoms with van der Waals surface area (Å²) < 4.78 is 50.4. The number of halogens is 1. The third-order valence-electron chi connectivity index (χ3n) is 5.80. The highest BCUT2D eigenvalue weighted by Gasteiger charge is 2.39. The summed E-state index contributed by atoms with van der Waals surface area (Å²) in [5, 5.41) is 10.5. The fourth-order valence-corrected chi connectivity index (χ4v) is 5.55. The molecule has 37 heavy (non-hydrogen) atoms. The second-order valence-corrected chi connectivity index (χ2v) is 11.4. The van der Waals surface area contributed by atoms with Crippen LogP contribution in [0.4, 0.5) is 4.39 Å². The molecule has 1 aromatic heterocycles. The molecule has 0 saturated carbocycles. The van der Waals surface area contributed by atoms with Crippen LogP contribution in [0.2, 0.25) is 0 Å². The number of aliphatic hydroxyl groups excluding tert-OH is 1. The molecule has 0 radical (unpaired) electrons. The SMILES string of the molecule is Cc1ccccc1CO[P@](=O)(C[C@H](C)C(=O)OC(C)C)OCC1OC(n2cc(F)c(=O)[nH]c2=O)CC1O. The molecule has 13 heteroatoms. The number of aryl methyl sites for hydroxylation is 1. The zero-order valence-corrected chi connectivity index (χ0v) is 22.0. The second kappa shape index (κ2) is 12.3. The zero-order chi connectivity index (χ0) is 27.3. The first-order valence-corrected chi connectivity index (χ1v) is 13.6. The van der Waals surface area contributed by atoms with Gasteiger partial charge in [-0.25, -0.2) is 4.79 Å². The van der Waals surface area contributed by atoms with Crippen LogP contribution < -0.4 is 11.2 Å². The summed E-state index contributed by atoms with van der Waals surface area (Å²) in [6, 6.07) is 7.35. The normalized spacial score (nSPS) is 22.1. The third kappa shape index (κ3) is 7.68. The maximum absolute atomic E-state index is 13.7. The van der Waals surface area contributed by atoms with Crippen LogP contribution in [0.15, 0.2) is 40.1 Å². The molecule has 2 N–H and O–H groups in total. The van der Waals surface area contributed by atoms with Crippen molar-refractivity contribution in [2.75, 3.05) is 12.8 Å². The molecule has 1 aliphatic heterocycles. The van der Waals surface area contributed by atoms with Crippen molar-refractivity contribution in [3.05, 3.63) is 68.2 Å². The summed E-state index contributed by atoms with van der Waals surface area (Å²) in [4.78, 5) is 37.5. The van der Waals surface area contributed by atoms with Gasteiger partial charge in [-0.3, -0.25) is 23.7 Å². The molecule has 0 amide bonds. The second-order valence-electron chi connectivity index (χ2n) is 9.25. The quantitative estimate of drug-likeness (QED) is 0.323. The highest BCUT2D eigenvalue weighted by atomic mass is 31.2. The van der Waals surface area contributed by atoms with Gasteiger partial charge in [-0.05, 0) is 31.9 Å². The van der Waals surface area contributed by atoms with Gasteiger partial charge < -0.3 is 23.6 Å². The van der Waals surface area contributed by atoms with Crippen molar-refractivity contribution < 1.29 is 37.4 Å². The number of aliphatic hydroxyl groups is 1. The number of carbonyl (C=O) groups is 1. The maximum atomic E-state index is 13.7. The lowest BCUT2D eigenvalue weighted by molar-refractivity contribution is -0.151. The Kier molecular flexibility index (Phi) is 9.60. The van der Waals surface area contributed by atoms with Gasteiger partial charge in [0.2, 0.25) is 5.82 Å². The monoisotopic (exact) mass is 542 g/mol. The predicted octanol–water partition coefficient (Wildman–Crippen LogP) is 2.65. The number of rotatable bonds is 11. The number of nitrogens with one attached hydrogen (secondary N) is 1. The summed E-state index contributed by atoms with van der Waals surface area (Å²) in [5.41, 5.74) is -0.385. The van der Waals surface area contributed by atoms with E-state index in [-0.39, 0.29) is 25.3 Å². The van der Waals surface area contributed by atoms with Gasteiger partial charge in [-0.2, -0.15) is 4.39 Å². The van der Waals surface area contributed by atoms with Crippen molar-refractivity contribution in [2.24, 2.45) is 5.92 Å². The van der Waals surface area contributed by atoms with Crippen molar-refractivity contribution in [1.82, 2.24) is 9.55 Å². The van der Waals surface area contributed by atoms with Gasteiger partial charge in [-0.1, -0.05) is 31.2 Å². The lowest BCUT2D eigenvalue weighted by Crippen LogP contribution is -2.34. The van der Waals surface area contributed by atoms with E-state index in [2.05, 4.69) is 0 Å². The van der Waals surface area contributed by atoms with Gasteiger partial charge >= 0.3 is 19.3 Å². The molecular formula is C24H32FN2O9P. The Balaban J connectivity index is 1.73. The molecule has 2 heterocycles. The van der Waals surface area contributed by atoms with Gasteiger partial charge in [0, 0.05) is 6.42 Å². The van der Waals surface area contributed by atoms with Crippen LogP contribution in [0.1, 0.15) is 44.5 Å². The maximum Gasteiger partial charge on any atom is 0.331 e. The molecule has 11 nitrogen and oxygen atoms in total. The van der Waals surface area contributed by atoms with E-state index in [0.29, 0.717) is 6.20 Å². The number of ether oxygens (including phenoxy) is 2. The number of carbonyl (C=O) groups excluding carboxylic acids is 1. The first kappa shape index (κ1) is 28.9. The Morgan fingerprint density at radius 3 is 2.65 bits per heavy atom.